The number of hydrogen-bond acceptors (Lipinski definition) is 5. The van der Waals surface area contributed by atoms with E-state index in [0.29, 0.717) is 12.0 Å². The van der Waals surface area contributed by atoms with E-state index in [2.05, 4.69) is 22.8 Å². The molecule has 0 amide bonds. The summed E-state index contributed by atoms with van der Waals surface area (Å²) in [7, 11) is 1.66. The molecule has 2 N–H and O–H groups in total. The standard InChI is InChI=1S/C22H24N4O/c1-27-20-14-8-7-13-18(20)24-22-25-19(16-9-3-2-4-10-16)15-21(26-22)23-17-11-5-6-12-17/h2-4,7-10,13-15,17H,5-6,11-12H2,1H3,(H2,23,24,25,26). The highest BCUT2D eigenvalue weighted by atomic mass is 16.5. The first-order chi connectivity index (χ1) is 13.3. The second kappa shape index (κ2) is 8.08. The third kappa shape index (κ3) is 4.19. The lowest BCUT2D eigenvalue weighted by Crippen LogP contribution is -2.16. The van der Waals surface area contributed by atoms with Gasteiger partial charge in [0, 0.05) is 17.7 Å². The molecule has 1 aromatic heterocycles. The van der Waals surface area contributed by atoms with Crippen LogP contribution in [0.4, 0.5) is 17.5 Å². The van der Waals surface area contributed by atoms with Crippen LogP contribution in [0.15, 0.2) is 60.7 Å². The lowest BCUT2D eigenvalue weighted by molar-refractivity contribution is 0.417. The van der Waals surface area contributed by atoms with Crippen LogP contribution in [0.3, 0.4) is 0 Å². The molecular formula is C22H24N4O. The van der Waals surface area contributed by atoms with Gasteiger partial charge in [-0.25, -0.2) is 4.98 Å². The van der Waals surface area contributed by atoms with Crippen LogP contribution in [-0.4, -0.2) is 23.1 Å². The summed E-state index contributed by atoms with van der Waals surface area (Å²) < 4.78 is 5.44. The van der Waals surface area contributed by atoms with Gasteiger partial charge in [0.25, 0.3) is 0 Å². The largest absolute Gasteiger partial charge is 0.495 e. The molecule has 0 atom stereocenters. The van der Waals surface area contributed by atoms with Gasteiger partial charge in [0.1, 0.15) is 11.6 Å². The zero-order valence-corrected chi connectivity index (χ0v) is 15.5. The number of anilines is 3. The van der Waals surface area contributed by atoms with Gasteiger partial charge >= 0.3 is 0 Å². The summed E-state index contributed by atoms with van der Waals surface area (Å²) in [5.74, 6) is 2.17. The van der Waals surface area contributed by atoms with Gasteiger partial charge in [-0.15, -0.1) is 0 Å². The van der Waals surface area contributed by atoms with Crippen molar-refractivity contribution in [1.29, 1.82) is 0 Å². The van der Waals surface area contributed by atoms with Crippen LogP contribution in [0.5, 0.6) is 5.75 Å². The fourth-order valence-corrected chi connectivity index (χ4v) is 3.48. The van der Waals surface area contributed by atoms with E-state index in [-0.39, 0.29) is 0 Å². The van der Waals surface area contributed by atoms with Crippen molar-refractivity contribution >= 4 is 17.5 Å². The van der Waals surface area contributed by atoms with Crippen molar-refractivity contribution in [2.75, 3.05) is 17.7 Å². The Morgan fingerprint density at radius 1 is 0.926 bits per heavy atom. The molecule has 27 heavy (non-hydrogen) atoms. The van der Waals surface area contributed by atoms with Crippen molar-refractivity contribution in [2.24, 2.45) is 0 Å². The number of nitrogens with one attached hydrogen (secondary N) is 2. The number of para-hydroxylation sites is 2. The molecule has 0 bridgehead atoms. The lowest BCUT2D eigenvalue weighted by Gasteiger charge is -2.16. The Bertz CT molecular complexity index is 892. The Morgan fingerprint density at radius 2 is 1.67 bits per heavy atom. The molecule has 0 saturated heterocycles. The molecule has 0 radical (unpaired) electrons. The highest BCUT2D eigenvalue weighted by molar-refractivity contribution is 5.68. The first-order valence-corrected chi connectivity index (χ1v) is 9.43. The van der Waals surface area contributed by atoms with Crippen molar-refractivity contribution in [1.82, 2.24) is 9.97 Å². The van der Waals surface area contributed by atoms with Gasteiger partial charge in [0.05, 0.1) is 18.5 Å². The predicted molar refractivity (Wildman–Crippen MR) is 110 cm³/mol. The van der Waals surface area contributed by atoms with Crippen LogP contribution in [0.25, 0.3) is 11.3 Å². The molecule has 1 heterocycles. The summed E-state index contributed by atoms with van der Waals surface area (Å²) in [5.41, 5.74) is 2.80. The minimum Gasteiger partial charge on any atom is -0.495 e. The third-order valence-electron chi connectivity index (χ3n) is 4.86. The van der Waals surface area contributed by atoms with E-state index in [1.807, 2.05) is 48.5 Å². The van der Waals surface area contributed by atoms with E-state index in [4.69, 9.17) is 14.7 Å². The minimum atomic E-state index is 0.489. The number of benzene rings is 2. The van der Waals surface area contributed by atoms with Gasteiger partial charge in [-0.2, -0.15) is 4.98 Å². The van der Waals surface area contributed by atoms with Crippen LogP contribution >= 0.6 is 0 Å². The summed E-state index contributed by atoms with van der Waals surface area (Å²) in [6.07, 6.45) is 4.95. The topological polar surface area (TPSA) is 59.1 Å². The average molecular weight is 360 g/mol. The maximum Gasteiger partial charge on any atom is 0.229 e. The van der Waals surface area contributed by atoms with Crippen molar-refractivity contribution in [3.8, 4) is 17.0 Å². The molecule has 1 saturated carbocycles. The van der Waals surface area contributed by atoms with Crippen molar-refractivity contribution < 1.29 is 4.74 Å². The summed E-state index contributed by atoms with van der Waals surface area (Å²) >= 11 is 0. The monoisotopic (exact) mass is 360 g/mol. The molecule has 4 rings (SSSR count). The summed E-state index contributed by atoms with van der Waals surface area (Å²) in [4.78, 5) is 9.44. The maximum absolute atomic E-state index is 5.44. The highest BCUT2D eigenvalue weighted by Crippen LogP contribution is 2.29. The number of hydrogen-bond donors (Lipinski definition) is 2. The smallest absolute Gasteiger partial charge is 0.229 e. The second-order valence-electron chi connectivity index (χ2n) is 6.78. The number of rotatable bonds is 6. The minimum absolute atomic E-state index is 0.489. The molecule has 0 spiro atoms. The SMILES string of the molecule is COc1ccccc1Nc1nc(NC2CCCC2)cc(-c2ccccc2)n1. The Kier molecular flexibility index (Phi) is 5.19. The molecule has 138 valence electrons. The number of methoxy groups -OCH3 is 1. The van der Waals surface area contributed by atoms with E-state index in [0.717, 1.165) is 28.5 Å². The van der Waals surface area contributed by atoms with E-state index in [9.17, 15) is 0 Å². The van der Waals surface area contributed by atoms with E-state index >= 15 is 0 Å². The van der Waals surface area contributed by atoms with Gasteiger partial charge in [0.2, 0.25) is 5.95 Å². The molecular weight excluding hydrogens is 336 g/mol. The van der Waals surface area contributed by atoms with Crippen LogP contribution in [0, 0.1) is 0 Å². The lowest BCUT2D eigenvalue weighted by atomic mass is 10.1. The van der Waals surface area contributed by atoms with Crippen LogP contribution in [0.1, 0.15) is 25.7 Å². The Balaban J connectivity index is 1.68. The molecule has 1 aliphatic carbocycles. The predicted octanol–water partition coefficient (Wildman–Crippen LogP) is 5.25. The molecule has 1 fully saturated rings. The zero-order chi connectivity index (χ0) is 18.5. The van der Waals surface area contributed by atoms with Gasteiger partial charge in [-0.3, -0.25) is 0 Å². The first kappa shape index (κ1) is 17.3. The molecule has 0 aliphatic heterocycles. The fraction of sp³-hybridized carbons (Fsp3) is 0.273. The molecule has 3 aromatic rings. The third-order valence-corrected chi connectivity index (χ3v) is 4.86. The molecule has 5 nitrogen and oxygen atoms in total. The van der Waals surface area contributed by atoms with Gasteiger partial charge in [-0.1, -0.05) is 55.3 Å². The van der Waals surface area contributed by atoms with Gasteiger partial charge in [0.15, 0.2) is 0 Å². The van der Waals surface area contributed by atoms with E-state index < -0.39 is 0 Å². The zero-order valence-electron chi connectivity index (χ0n) is 15.5. The van der Waals surface area contributed by atoms with Gasteiger partial charge in [-0.05, 0) is 25.0 Å². The molecule has 2 aromatic carbocycles. The molecule has 5 heteroatoms. The number of ether oxygens (including phenoxy) is 1. The fourth-order valence-electron chi connectivity index (χ4n) is 3.48. The highest BCUT2D eigenvalue weighted by Gasteiger charge is 2.16. The first-order valence-electron chi connectivity index (χ1n) is 9.43. The van der Waals surface area contributed by atoms with Gasteiger partial charge < -0.3 is 15.4 Å². The number of aromatic nitrogens is 2. The second-order valence-corrected chi connectivity index (χ2v) is 6.78. The molecule has 0 unspecified atom stereocenters. The molecule has 1 aliphatic rings. The van der Waals surface area contributed by atoms with Crippen LogP contribution < -0.4 is 15.4 Å². The quantitative estimate of drug-likeness (QED) is 0.629. The summed E-state index contributed by atoms with van der Waals surface area (Å²) in [5, 5.41) is 6.90. The normalized spacial score (nSPS) is 14.1. The summed E-state index contributed by atoms with van der Waals surface area (Å²) in [6.45, 7) is 0. The Hall–Kier alpha value is -3.08. The van der Waals surface area contributed by atoms with Crippen molar-refractivity contribution in [2.45, 2.75) is 31.7 Å². The summed E-state index contributed by atoms with van der Waals surface area (Å²) in [6, 6.07) is 20.5. The van der Waals surface area contributed by atoms with E-state index in [1.165, 1.54) is 25.7 Å². The van der Waals surface area contributed by atoms with Crippen molar-refractivity contribution in [3.05, 3.63) is 60.7 Å². The maximum atomic E-state index is 5.44. The Labute approximate surface area is 159 Å². The number of nitrogens with zero attached hydrogens (tertiary/aromatic N) is 2. The average Bonchev–Trinajstić information content (AvgIpc) is 3.22. The Morgan fingerprint density at radius 3 is 2.44 bits per heavy atom. The van der Waals surface area contributed by atoms with Crippen molar-refractivity contribution in [3.63, 3.8) is 0 Å². The van der Waals surface area contributed by atoms with Crippen LogP contribution in [0.2, 0.25) is 0 Å². The van der Waals surface area contributed by atoms with E-state index in [1.54, 1.807) is 7.11 Å². The van der Waals surface area contributed by atoms with Crippen LogP contribution in [-0.2, 0) is 0 Å².